The molecule has 3 heterocycles. The predicted molar refractivity (Wildman–Crippen MR) is 141 cm³/mol. The summed E-state index contributed by atoms with van der Waals surface area (Å²) in [7, 11) is 1.57. The largest absolute Gasteiger partial charge is 0.497 e. The molecule has 1 atom stereocenters. The fourth-order valence-electron chi connectivity index (χ4n) is 4.72. The first-order valence-corrected chi connectivity index (χ1v) is 12.6. The molecular formula is C27H26BrN5O3. The van der Waals surface area contributed by atoms with Crippen LogP contribution in [0.15, 0.2) is 81.7 Å². The normalized spacial score (nSPS) is 16.6. The van der Waals surface area contributed by atoms with Gasteiger partial charge in [-0.05, 0) is 66.9 Å². The van der Waals surface area contributed by atoms with Gasteiger partial charge in [-0.3, -0.25) is 19.2 Å². The molecule has 0 saturated carbocycles. The van der Waals surface area contributed by atoms with E-state index in [0.717, 1.165) is 35.8 Å². The Kier molecular flexibility index (Phi) is 7.11. The standard InChI is InChI=1S/C27H26BrN5O3/c1-36-21-10-7-18(8-11-21)26(34)31-30-25-22-15-20(28)9-12-24(22)33(27(25)35)17-32-14-3-2-6-23(32)19-5-4-13-29-16-19/h4-5,7-13,15-16,23,35H,2-3,6,14,17H2,1H3/t23-/m0/s1. The number of fused-ring (bicyclic) bond motifs is 1. The number of carbonyl (C=O) groups excluding carboxylic acids is 1. The number of amides is 1. The van der Waals surface area contributed by atoms with Crippen LogP contribution in [0.2, 0.25) is 0 Å². The zero-order valence-electron chi connectivity index (χ0n) is 19.8. The lowest BCUT2D eigenvalue weighted by Crippen LogP contribution is -2.34. The van der Waals surface area contributed by atoms with Crippen LogP contribution in [0.25, 0.3) is 10.9 Å². The number of benzene rings is 2. The van der Waals surface area contributed by atoms with Crippen LogP contribution in [0, 0.1) is 0 Å². The number of aromatic hydroxyl groups is 1. The van der Waals surface area contributed by atoms with E-state index in [1.807, 2.05) is 35.0 Å². The highest BCUT2D eigenvalue weighted by atomic mass is 79.9. The maximum atomic E-state index is 12.6. The minimum absolute atomic E-state index is 0.0232. The van der Waals surface area contributed by atoms with Gasteiger partial charge in [0.1, 0.15) is 5.75 Å². The molecule has 2 aromatic carbocycles. The van der Waals surface area contributed by atoms with E-state index >= 15 is 0 Å². The highest BCUT2D eigenvalue weighted by molar-refractivity contribution is 9.10. The summed E-state index contributed by atoms with van der Waals surface area (Å²) < 4.78 is 7.82. The number of ether oxygens (including phenoxy) is 1. The van der Waals surface area contributed by atoms with Crippen LogP contribution >= 0.6 is 15.9 Å². The minimum atomic E-state index is -0.499. The fourth-order valence-corrected chi connectivity index (χ4v) is 5.08. The molecule has 2 aromatic heterocycles. The van der Waals surface area contributed by atoms with E-state index in [4.69, 9.17) is 4.74 Å². The Morgan fingerprint density at radius 2 is 2.03 bits per heavy atom. The lowest BCUT2D eigenvalue weighted by Gasteiger charge is -2.36. The van der Waals surface area contributed by atoms with E-state index in [-0.39, 0.29) is 17.6 Å². The number of pyridine rings is 1. The van der Waals surface area contributed by atoms with Gasteiger partial charge in [-0.1, -0.05) is 28.4 Å². The molecule has 36 heavy (non-hydrogen) atoms. The number of rotatable bonds is 6. The minimum Gasteiger partial charge on any atom is -0.497 e. The van der Waals surface area contributed by atoms with Gasteiger partial charge in [-0.25, -0.2) is 0 Å². The Bertz CT molecular complexity index is 1400. The van der Waals surface area contributed by atoms with Crippen molar-refractivity contribution in [2.75, 3.05) is 13.7 Å². The molecule has 1 aliphatic rings. The van der Waals surface area contributed by atoms with Crippen LogP contribution in [-0.4, -0.2) is 39.1 Å². The average molecular weight is 548 g/mol. The summed E-state index contributed by atoms with van der Waals surface area (Å²) >= 11 is 3.51. The number of hydrogen-bond acceptors (Lipinski definition) is 6. The van der Waals surface area contributed by atoms with Gasteiger partial charge in [-0.2, -0.15) is 0 Å². The lowest BCUT2D eigenvalue weighted by molar-refractivity contribution is 0.0995. The van der Waals surface area contributed by atoms with Crippen molar-refractivity contribution in [1.82, 2.24) is 14.5 Å². The Labute approximate surface area is 217 Å². The molecule has 0 radical (unpaired) electrons. The molecule has 0 spiro atoms. The van der Waals surface area contributed by atoms with Gasteiger partial charge < -0.3 is 9.84 Å². The van der Waals surface area contributed by atoms with E-state index < -0.39 is 5.91 Å². The van der Waals surface area contributed by atoms with Crippen molar-refractivity contribution in [3.63, 3.8) is 0 Å². The quantitative estimate of drug-likeness (QED) is 0.274. The summed E-state index contributed by atoms with van der Waals surface area (Å²) in [6.07, 6.45) is 6.96. The van der Waals surface area contributed by atoms with E-state index in [1.54, 1.807) is 37.6 Å². The van der Waals surface area contributed by atoms with Gasteiger partial charge >= 0.3 is 0 Å². The van der Waals surface area contributed by atoms with E-state index in [9.17, 15) is 9.90 Å². The second kappa shape index (κ2) is 10.6. The van der Waals surface area contributed by atoms with Gasteiger partial charge in [0, 0.05) is 40.4 Å². The highest BCUT2D eigenvalue weighted by Gasteiger charge is 2.27. The number of likely N-dealkylation sites (tertiary alicyclic amines) is 1. The number of aromatic nitrogens is 2. The van der Waals surface area contributed by atoms with Gasteiger partial charge in [-0.15, -0.1) is 10.2 Å². The van der Waals surface area contributed by atoms with Gasteiger partial charge in [0.15, 0.2) is 5.69 Å². The van der Waals surface area contributed by atoms with Crippen LogP contribution in [0.4, 0.5) is 5.69 Å². The molecule has 0 bridgehead atoms. The molecule has 1 aliphatic heterocycles. The van der Waals surface area contributed by atoms with E-state index in [2.05, 4.69) is 42.1 Å². The molecule has 4 aromatic rings. The number of hydrogen-bond donors (Lipinski definition) is 1. The van der Waals surface area contributed by atoms with Crippen molar-refractivity contribution in [2.45, 2.75) is 32.0 Å². The Morgan fingerprint density at radius 3 is 2.78 bits per heavy atom. The van der Waals surface area contributed by atoms with Gasteiger partial charge in [0.05, 0.1) is 19.3 Å². The molecule has 5 rings (SSSR count). The van der Waals surface area contributed by atoms with Crippen molar-refractivity contribution in [3.8, 4) is 11.6 Å². The summed E-state index contributed by atoms with van der Waals surface area (Å²) in [6.45, 7) is 1.38. The summed E-state index contributed by atoms with van der Waals surface area (Å²) in [5.41, 5.74) is 2.64. The van der Waals surface area contributed by atoms with Gasteiger partial charge in [0.2, 0.25) is 5.88 Å². The van der Waals surface area contributed by atoms with Crippen LogP contribution < -0.4 is 4.74 Å². The Hall–Kier alpha value is -3.56. The molecule has 8 nitrogen and oxygen atoms in total. The number of halogens is 1. The number of methoxy groups -OCH3 is 1. The smallest absolute Gasteiger partial charge is 0.295 e. The second-order valence-corrected chi connectivity index (χ2v) is 9.66. The number of piperidine rings is 1. The number of azo groups is 1. The van der Waals surface area contributed by atoms with Crippen molar-refractivity contribution in [1.29, 1.82) is 0 Å². The topological polar surface area (TPSA) is 92.3 Å². The van der Waals surface area contributed by atoms with Crippen LogP contribution in [-0.2, 0) is 6.67 Å². The van der Waals surface area contributed by atoms with Gasteiger partial charge in [0.25, 0.3) is 5.91 Å². The first kappa shape index (κ1) is 24.1. The van der Waals surface area contributed by atoms with E-state index in [0.29, 0.717) is 23.4 Å². The lowest BCUT2D eigenvalue weighted by atomic mass is 9.97. The van der Waals surface area contributed by atoms with Crippen molar-refractivity contribution in [2.24, 2.45) is 10.2 Å². The molecule has 184 valence electrons. The fraction of sp³-hybridized carbons (Fsp3) is 0.259. The summed E-state index contributed by atoms with van der Waals surface area (Å²) in [4.78, 5) is 19.3. The number of nitrogens with zero attached hydrogens (tertiary/aromatic N) is 5. The predicted octanol–water partition coefficient (Wildman–Crippen LogP) is 6.62. The van der Waals surface area contributed by atoms with Crippen LogP contribution in [0.3, 0.4) is 0 Å². The maximum Gasteiger partial charge on any atom is 0.295 e. The first-order chi connectivity index (χ1) is 17.5. The molecule has 1 saturated heterocycles. The molecule has 1 N–H and O–H groups in total. The third-order valence-electron chi connectivity index (χ3n) is 6.56. The summed E-state index contributed by atoms with van der Waals surface area (Å²) in [5.74, 6) is 0.127. The Morgan fingerprint density at radius 1 is 1.19 bits per heavy atom. The van der Waals surface area contributed by atoms with Crippen LogP contribution in [0.5, 0.6) is 11.6 Å². The monoisotopic (exact) mass is 547 g/mol. The second-order valence-electron chi connectivity index (χ2n) is 8.75. The first-order valence-electron chi connectivity index (χ1n) is 11.8. The maximum absolute atomic E-state index is 12.6. The molecule has 1 amide bonds. The highest BCUT2D eigenvalue weighted by Crippen LogP contribution is 2.41. The SMILES string of the molecule is COc1ccc(C(=O)N=Nc2c(O)n(CN3CCCC[C@H]3c3cccnc3)c3ccc(Br)cc23)cc1. The van der Waals surface area contributed by atoms with Crippen molar-refractivity contribution in [3.05, 3.63) is 82.6 Å². The zero-order valence-corrected chi connectivity index (χ0v) is 21.4. The molecule has 0 aliphatic carbocycles. The van der Waals surface area contributed by atoms with Crippen LogP contribution in [0.1, 0.15) is 41.2 Å². The Balaban J connectivity index is 1.48. The average Bonchev–Trinajstić information content (AvgIpc) is 3.17. The van der Waals surface area contributed by atoms with Crippen molar-refractivity contribution < 1.29 is 14.6 Å². The number of carbonyl (C=O) groups is 1. The summed E-state index contributed by atoms with van der Waals surface area (Å²) in [6, 6.07) is 16.7. The third kappa shape index (κ3) is 4.89. The van der Waals surface area contributed by atoms with Crippen molar-refractivity contribution >= 4 is 38.4 Å². The van der Waals surface area contributed by atoms with E-state index in [1.165, 1.54) is 5.56 Å². The summed E-state index contributed by atoms with van der Waals surface area (Å²) in [5, 5.41) is 20.1. The molecule has 9 heteroatoms. The molecule has 1 fully saturated rings. The molecular weight excluding hydrogens is 522 g/mol. The molecule has 0 unspecified atom stereocenters. The zero-order chi connectivity index (χ0) is 25.1. The third-order valence-corrected chi connectivity index (χ3v) is 7.05.